The summed E-state index contributed by atoms with van der Waals surface area (Å²) in [6.07, 6.45) is -7.87. The Bertz CT molecular complexity index is 554. The maximum atomic E-state index is 13.1. The topological polar surface area (TPSA) is 0 Å². The van der Waals surface area contributed by atoms with E-state index in [-0.39, 0.29) is 0 Å². The molecular formula is C9AsF19+. The van der Waals surface area contributed by atoms with Gasteiger partial charge in [0.15, 0.2) is 0 Å². The molecule has 0 nitrogen and oxygen atoms in total. The molecule has 0 aromatic heterocycles. The van der Waals surface area contributed by atoms with Gasteiger partial charge in [-0.25, -0.2) is 0 Å². The molecule has 0 aromatic carbocycles. The van der Waals surface area contributed by atoms with Crippen LogP contribution in [0, 0.1) is 0 Å². The number of hydrogen-bond donors (Lipinski definition) is 0. The Balaban J connectivity index is 6.82. The Labute approximate surface area is 153 Å². The van der Waals surface area contributed by atoms with Crippen molar-refractivity contribution in [2.75, 3.05) is 0 Å². The summed E-state index contributed by atoms with van der Waals surface area (Å²) in [5, 5.41) is 0. The molecule has 29 heavy (non-hydrogen) atoms. The van der Waals surface area contributed by atoms with Crippen molar-refractivity contribution in [3.05, 3.63) is 0 Å². The fourth-order valence-electron chi connectivity index (χ4n) is 1.35. The summed E-state index contributed by atoms with van der Waals surface area (Å²) in [5.74, 6) is -59.5. The normalized spacial score (nSPS) is 17.0. The van der Waals surface area contributed by atoms with Crippen molar-refractivity contribution in [3.63, 3.8) is 0 Å². The van der Waals surface area contributed by atoms with E-state index >= 15 is 0 Å². The summed E-state index contributed by atoms with van der Waals surface area (Å²) in [5.41, 5.74) is 0. The van der Waals surface area contributed by atoms with Crippen molar-refractivity contribution >= 4 is 16.9 Å². The molecular weight excluding hydrogens is 544 g/mol. The van der Waals surface area contributed by atoms with Crippen LogP contribution in [0.5, 0.6) is 0 Å². The molecule has 0 aliphatic carbocycles. The standard InChI is InChI=1S/C9AsF19/c10-8(25,26)6(21,22)4(17,18)2(13,14)1(11,12)3(15,16)5(19,20)7(23,24)9(27,28)29/q+1. The molecule has 0 aliphatic rings. The molecule has 20 heteroatoms. The molecule has 0 amide bonds. The van der Waals surface area contributed by atoms with Gasteiger partial charge >= 0.3 is 153 Å². The Kier molecular flexibility index (Phi) is 6.44. The molecule has 173 valence electrons. The second-order valence-corrected chi connectivity index (χ2v) is 6.24. The van der Waals surface area contributed by atoms with E-state index in [1.165, 1.54) is 0 Å². The molecule has 0 saturated heterocycles. The molecule has 0 heterocycles. The van der Waals surface area contributed by atoms with Crippen LogP contribution < -0.4 is 0 Å². The van der Waals surface area contributed by atoms with E-state index in [2.05, 4.69) is 0 Å². The number of halogens is 19. The van der Waals surface area contributed by atoms with Gasteiger partial charge in [-0.05, 0) is 0 Å². The van der Waals surface area contributed by atoms with Gasteiger partial charge in [-0.2, -0.15) is 0 Å². The summed E-state index contributed by atoms with van der Waals surface area (Å²) < 4.78 is 234. The molecule has 0 fully saturated rings. The Morgan fingerprint density at radius 3 is 0.621 bits per heavy atom. The van der Waals surface area contributed by atoms with E-state index < -0.39 is 69.2 Å². The average molecular weight is 544 g/mol. The molecule has 0 saturated carbocycles. The molecule has 0 atom stereocenters. The van der Waals surface area contributed by atoms with Crippen LogP contribution in [0.4, 0.5) is 83.4 Å². The van der Waals surface area contributed by atoms with Crippen LogP contribution in [-0.4, -0.2) is 69.2 Å². The zero-order valence-electron chi connectivity index (χ0n) is 12.1. The van der Waals surface area contributed by atoms with Gasteiger partial charge in [-0.15, -0.1) is 0 Å². The predicted molar refractivity (Wildman–Crippen MR) is 51.4 cm³/mol. The van der Waals surface area contributed by atoms with E-state index in [1.807, 2.05) is 0 Å². The first-order valence-corrected chi connectivity index (χ1v) is 6.75. The third-order valence-corrected chi connectivity index (χ3v) is 3.69. The first kappa shape index (κ1) is 28.2. The van der Waals surface area contributed by atoms with Gasteiger partial charge < -0.3 is 0 Å². The van der Waals surface area contributed by atoms with E-state index in [1.54, 1.807) is 0 Å². The van der Waals surface area contributed by atoms with Gasteiger partial charge in [0.05, 0.1) is 0 Å². The molecule has 0 N–H and O–H groups in total. The molecule has 0 aromatic rings. The van der Waals surface area contributed by atoms with Gasteiger partial charge in [0.25, 0.3) is 0 Å². The van der Waals surface area contributed by atoms with Gasteiger partial charge in [0, 0.05) is 0 Å². The SMILES string of the molecule is FC(F)(F)C(F)(F)C(F)(F)C(F)(F)C(F)(F)C(F)(F)C(F)(F)C(F)(F)C(F)(F)[As+]. The first-order valence-electron chi connectivity index (χ1n) is 5.81. The van der Waals surface area contributed by atoms with Crippen LogP contribution >= 0.6 is 0 Å². The van der Waals surface area contributed by atoms with Crippen LogP contribution in [0.1, 0.15) is 0 Å². The molecule has 0 bridgehead atoms. The number of rotatable bonds is 7. The predicted octanol–water partition coefficient (Wildman–Crippen LogP) is 5.76. The van der Waals surface area contributed by atoms with Crippen molar-refractivity contribution in [3.8, 4) is 0 Å². The van der Waals surface area contributed by atoms with Crippen molar-refractivity contribution in [2.45, 2.75) is 52.3 Å². The zero-order valence-corrected chi connectivity index (χ0v) is 14.0. The second-order valence-electron chi connectivity index (χ2n) is 5.06. The minimum absolute atomic E-state index is 0.790. The first-order chi connectivity index (χ1) is 12.0. The van der Waals surface area contributed by atoms with Crippen molar-refractivity contribution < 1.29 is 83.4 Å². The Morgan fingerprint density at radius 2 is 0.448 bits per heavy atom. The van der Waals surface area contributed by atoms with Crippen LogP contribution in [0.3, 0.4) is 0 Å². The molecule has 3 radical (unpaired) electrons. The quantitative estimate of drug-likeness (QED) is 0.283. The summed E-state index contributed by atoms with van der Waals surface area (Å²) >= 11 is -0.790. The summed E-state index contributed by atoms with van der Waals surface area (Å²) in [4.78, 5) is 0. The van der Waals surface area contributed by atoms with Gasteiger partial charge in [0.1, 0.15) is 0 Å². The average Bonchev–Trinajstić information content (AvgIpc) is 2.43. The van der Waals surface area contributed by atoms with E-state index in [4.69, 9.17) is 0 Å². The van der Waals surface area contributed by atoms with Gasteiger partial charge in [-0.1, -0.05) is 0 Å². The second kappa shape index (κ2) is 6.61. The van der Waals surface area contributed by atoms with Crippen molar-refractivity contribution in [1.82, 2.24) is 0 Å². The van der Waals surface area contributed by atoms with Crippen LogP contribution in [0.25, 0.3) is 0 Å². The van der Waals surface area contributed by atoms with Gasteiger partial charge in [0.2, 0.25) is 0 Å². The summed E-state index contributed by atoms with van der Waals surface area (Å²) in [6.45, 7) is 0. The molecule has 0 unspecified atom stereocenters. The Hall–Kier alpha value is -0.772. The molecule has 0 spiro atoms. The van der Waals surface area contributed by atoms with E-state index in [9.17, 15) is 83.4 Å². The fraction of sp³-hybridized carbons (Fsp3) is 1.00. The van der Waals surface area contributed by atoms with Crippen LogP contribution in [-0.2, 0) is 0 Å². The van der Waals surface area contributed by atoms with Crippen molar-refractivity contribution in [2.24, 2.45) is 0 Å². The van der Waals surface area contributed by atoms with E-state index in [0.29, 0.717) is 0 Å². The van der Waals surface area contributed by atoms with Crippen LogP contribution in [0.2, 0.25) is 0 Å². The summed E-state index contributed by atoms with van der Waals surface area (Å²) in [6, 6.07) is 0. The zero-order chi connectivity index (χ0) is 24.5. The third-order valence-electron chi connectivity index (χ3n) is 3.10. The molecule has 0 aliphatic heterocycles. The fourth-order valence-corrected chi connectivity index (χ4v) is 1.65. The third kappa shape index (κ3) is 3.42. The molecule has 0 rings (SSSR count). The van der Waals surface area contributed by atoms with Crippen molar-refractivity contribution in [1.29, 1.82) is 0 Å². The number of alkyl halides is 19. The maximum absolute atomic E-state index is 13.1. The monoisotopic (exact) mass is 544 g/mol. The number of hydrogen-bond acceptors (Lipinski definition) is 0. The van der Waals surface area contributed by atoms with Gasteiger partial charge in [-0.3, -0.25) is 0 Å². The Morgan fingerprint density at radius 1 is 0.276 bits per heavy atom. The van der Waals surface area contributed by atoms with E-state index in [0.717, 1.165) is 0 Å². The summed E-state index contributed by atoms with van der Waals surface area (Å²) in [7, 11) is 0. The van der Waals surface area contributed by atoms with Crippen LogP contribution in [0.15, 0.2) is 0 Å². The minimum atomic E-state index is -8.86.